The number of thiophene rings is 1. The Labute approximate surface area is 125 Å². The Kier molecular flexibility index (Phi) is 2.96. The van der Waals surface area contributed by atoms with Crippen molar-refractivity contribution in [3.63, 3.8) is 0 Å². The standard InChI is InChI=1S/C15H13FN4S/c16-12-4-2-1-3-11(12)14-18-15-17-7-5-13(20(15)19-14)10-6-8-21-9-10/h1-4,6,8-9,13H,5,7H2,(H,17,18,19). The molecule has 21 heavy (non-hydrogen) atoms. The van der Waals surface area contributed by atoms with E-state index in [1.807, 2.05) is 4.68 Å². The highest BCUT2D eigenvalue weighted by atomic mass is 32.1. The number of hydrogen-bond acceptors (Lipinski definition) is 4. The van der Waals surface area contributed by atoms with Gasteiger partial charge in [-0.3, -0.25) is 0 Å². The van der Waals surface area contributed by atoms with Crippen LogP contribution in [0.15, 0.2) is 41.1 Å². The van der Waals surface area contributed by atoms with Gasteiger partial charge in [-0.05, 0) is 40.9 Å². The summed E-state index contributed by atoms with van der Waals surface area (Å²) in [6.07, 6.45) is 0.948. The number of hydrogen-bond donors (Lipinski definition) is 1. The molecule has 1 aromatic carbocycles. The number of aromatic nitrogens is 3. The van der Waals surface area contributed by atoms with Gasteiger partial charge in [0.2, 0.25) is 5.95 Å². The van der Waals surface area contributed by atoms with Gasteiger partial charge >= 0.3 is 0 Å². The van der Waals surface area contributed by atoms with Gasteiger partial charge in [-0.15, -0.1) is 5.10 Å². The molecule has 0 bridgehead atoms. The summed E-state index contributed by atoms with van der Waals surface area (Å²) in [6, 6.07) is 8.87. The lowest BCUT2D eigenvalue weighted by atomic mass is 10.1. The van der Waals surface area contributed by atoms with Crippen molar-refractivity contribution < 1.29 is 4.39 Å². The summed E-state index contributed by atoms with van der Waals surface area (Å²) in [5.74, 6) is 0.834. The van der Waals surface area contributed by atoms with Crippen LogP contribution in [0.25, 0.3) is 11.4 Å². The third-order valence-corrected chi connectivity index (χ3v) is 4.37. The van der Waals surface area contributed by atoms with Gasteiger partial charge in [-0.2, -0.15) is 16.3 Å². The van der Waals surface area contributed by atoms with Crippen molar-refractivity contribution in [3.05, 3.63) is 52.5 Å². The molecule has 106 valence electrons. The number of fused-ring (bicyclic) bond motifs is 1. The van der Waals surface area contributed by atoms with E-state index in [2.05, 4.69) is 32.2 Å². The SMILES string of the molecule is Fc1ccccc1-c1nc2n(n1)C(c1ccsc1)CCN2. The fourth-order valence-corrected chi connectivity index (χ4v) is 3.34. The predicted octanol–water partition coefficient (Wildman–Crippen LogP) is 3.55. The van der Waals surface area contributed by atoms with Gasteiger partial charge in [0.1, 0.15) is 5.82 Å². The first-order valence-corrected chi connectivity index (χ1v) is 7.74. The summed E-state index contributed by atoms with van der Waals surface area (Å²) in [4.78, 5) is 4.45. The van der Waals surface area contributed by atoms with Crippen molar-refractivity contribution >= 4 is 17.3 Å². The minimum absolute atomic E-state index is 0.167. The van der Waals surface area contributed by atoms with Gasteiger partial charge in [0, 0.05) is 6.54 Å². The molecule has 3 aromatic rings. The lowest BCUT2D eigenvalue weighted by molar-refractivity contribution is 0.482. The van der Waals surface area contributed by atoms with Crippen molar-refractivity contribution in [3.8, 4) is 11.4 Å². The third kappa shape index (κ3) is 2.12. The summed E-state index contributed by atoms with van der Waals surface area (Å²) in [5, 5.41) is 12.0. The first kappa shape index (κ1) is 12.5. The van der Waals surface area contributed by atoms with Crippen LogP contribution in [0.1, 0.15) is 18.0 Å². The first-order valence-electron chi connectivity index (χ1n) is 6.80. The van der Waals surface area contributed by atoms with Crippen LogP contribution in [0.3, 0.4) is 0 Å². The van der Waals surface area contributed by atoms with Crippen LogP contribution < -0.4 is 5.32 Å². The molecular weight excluding hydrogens is 287 g/mol. The van der Waals surface area contributed by atoms with Crippen LogP contribution in [0.5, 0.6) is 0 Å². The number of anilines is 1. The van der Waals surface area contributed by atoms with Gasteiger partial charge in [-0.1, -0.05) is 12.1 Å². The molecule has 3 heterocycles. The van der Waals surface area contributed by atoms with Crippen LogP contribution in [0.2, 0.25) is 0 Å². The second kappa shape index (κ2) is 4.96. The maximum atomic E-state index is 13.9. The molecule has 1 atom stereocenters. The number of nitrogens with one attached hydrogen (secondary N) is 1. The molecule has 6 heteroatoms. The van der Waals surface area contributed by atoms with Crippen molar-refractivity contribution in [2.75, 3.05) is 11.9 Å². The molecule has 0 radical (unpaired) electrons. The van der Waals surface area contributed by atoms with Gasteiger partial charge in [-0.25, -0.2) is 9.07 Å². The normalized spacial score (nSPS) is 17.3. The topological polar surface area (TPSA) is 42.7 Å². The first-order chi connectivity index (χ1) is 10.3. The van der Waals surface area contributed by atoms with Gasteiger partial charge in [0.15, 0.2) is 5.82 Å². The van der Waals surface area contributed by atoms with Crippen molar-refractivity contribution in [1.29, 1.82) is 0 Å². The fourth-order valence-electron chi connectivity index (χ4n) is 2.63. The predicted molar refractivity (Wildman–Crippen MR) is 81.0 cm³/mol. The summed E-state index contributed by atoms with van der Waals surface area (Å²) in [7, 11) is 0. The Bertz CT molecular complexity index is 766. The molecule has 0 saturated heterocycles. The third-order valence-electron chi connectivity index (χ3n) is 3.67. The van der Waals surface area contributed by atoms with E-state index >= 15 is 0 Å². The minimum Gasteiger partial charge on any atom is -0.354 e. The molecular formula is C15H13FN4S. The molecule has 2 aromatic heterocycles. The lowest BCUT2D eigenvalue weighted by Gasteiger charge is -2.23. The molecule has 0 aliphatic carbocycles. The highest BCUT2D eigenvalue weighted by Crippen LogP contribution is 2.31. The van der Waals surface area contributed by atoms with E-state index in [1.54, 1.807) is 29.5 Å². The van der Waals surface area contributed by atoms with E-state index < -0.39 is 0 Å². The highest BCUT2D eigenvalue weighted by molar-refractivity contribution is 7.07. The average Bonchev–Trinajstić information content (AvgIpc) is 3.16. The van der Waals surface area contributed by atoms with Crippen LogP contribution in [0.4, 0.5) is 10.3 Å². The summed E-state index contributed by atoms with van der Waals surface area (Å²) >= 11 is 1.67. The number of halogens is 1. The van der Waals surface area contributed by atoms with Gasteiger partial charge < -0.3 is 5.32 Å². The van der Waals surface area contributed by atoms with E-state index in [4.69, 9.17) is 0 Å². The molecule has 0 saturated carbocycles. The number of nitrogens with zero attached hydrogens (tertiary/aromatic N) is 3. The van der Waals surface area contributed by atoms with Gasteiger partial charge in [0.05, 0.1) is 11.6 Å². The summed E-state index contributed by atoms with van der Waals surface area (Å²) in [6.45, 7) is 0.843. The Morgan fingerprint density at radius 1 is 1.29 bits per heavy atom. The fraction of sp³-hybridized carbons (Fsp3) is 0.200. The van der Waals surface area contributed by atoms with Crippen molar-refractivity contribution in [1.82, 2.24) is 14.8 Å². The number of rotatable bonds is 2. The zero-order chi connectivity index (χ0) is 14.2. The zero-order valence-electron chi connectivity index (χ0n) is 11.2. The maximum absolute atomic E-state index is 13.9. The van der Waals surface area contributed by atoms with Crippen LogP contribution >= 0.6 is 11.3 Å². The monoisotopic (exact) mass is 300 g/mol. The van der Waals surface area contributed by atoms with Crippen LogP contribution in [0, 0.1) is 5.82 Å². The van der Waals surface area contributed by atoms with Crippen molar-refractivity contribution in [2.24, 2.45) is 0 Å². The number of benzene rings is 1. The maximum Gasteiger partial charge on any atom is 0.222 e. The lowest BCUT2D eigenvalue weighted by Crippen LogP contribution is -2.24. The molecule has 1 aliphatic heterocycles. The van der Waals surface area contributed by atoms with Crippen LogP contribution in [-0.2, 0) is 0 Å². The molecule has 1 aliphatic rings. The van der Waals surface area contributed by atoms with Gasteiger partial charge in [0.25, 0.3) is 0 Å². The van der Waals surface area contributed by atoms with Crippen LogP contribution in [-0.4, -0.2) is 21.3 Å². The quantitative estimate of drug-likeness (QED) is 0.787. The highest BCUT2D eigenvalue weighted by Gasteiger charge is 2.25. The zero-order valence-corrected chi connectivity index (χ0v) is 12.0. The second-order valence-corrected chi connectivity index (χ2v) is 5.75. The largest absolute Gasteiger partial charge is 0.354 e. The molecule has 0 fully saturated rings. The molecule has 0 spiro atoms. The van der Waals surface area contributed by atoms with E-state index in [0.29, 0.717) is 17.3 Å². The molecule has 4 nitrogen and oxygen atoms in total. The summed E-state index contributed by atoms with van der Waals surface area (Å²) < 4.78 is 15.8. The molecule has 1 unspecified atom stereocenters. The molecule has 4 rings (SSSR count). The minimum atomic E-state index is -0.299. The van der Waals surface area contributed by atoms with E-state index in [1.165, 1.54) is 11.6 Å². The van der Waals surface area contributed by atoms with E-state index in [9.17, 15) is 4.39 Å². The molecule has 1 N–H and O–H groups in total. The van der Waals surface area contributed by atoms with E-state index in [-0.39, 0.29) is 11.9 Å². The second-order valence-electron chi connectivity index (χ2n) is 4.97. The average molecular weight is 300 g/mol. The van der Waals surface area contributed by atoms with Crippen molar-refractivity contribution in [2.45, 2.75) is 12.5 Å². The Morgan fingerprint density at radius 2 is 2.19 bits per heavy atom. The summed E-state index contributed by atoms with van der Waals surface area (Å²) in [5.41, 5.74) is 1.66. The van der Waals surface area contributed by atoms with E-state index in [0.717, 1.165) is 13.0 Å². The Hall–Kier alpha value is -2.21. The molecule has 0 amide bonds. The Balaban J connectivity index is 1.80. The Morgan fingerprint density at radius 3 is 3.00 bits per heavy atom. The smallest absolute Gasteiger partial charge is 0.222 e.